The minimum absolute atomic E-state index is 0.0277. The molecule has 0 spiro atoms. The van der Waals surface area contributed by atoms with Gasteiger partial charge in [0.05, 0.1) is 12.1 Å². The van der Waals surface area contributed by atoms with Crippen LogP contribution in [0.15, 0.2) is 0 Å². The topological polar surface area (TPSA) is 61.4 Å². The molecule has 0 aromatic rings. The van der Waals surface area contributed by atoms with Gasteiger partial charge in [0.15, 0.2) is 0 Å². The molecular weight excluding hydrogens is 240 g/mol. The van der Waals surface area contributed by atoms with E-state index in [1.165, 1.54) is 25.7 Å². The second-order valence-electron chi connectivity index (χ2n) is 6.62. The standard InChI is InChI=1S/C15H26N2O2/c18-12-7-5-11(6-8-12)16-15(19)14-9-10-3-1-2-4-13(10)17-14/h10-14,17-18H,1-9H2,(H,16,19). The molecule has 3 fully saturated rings. The molecule has 0 aromatic heterocycles. The number of aliphatic hydroxyl groups is 1. The van der Waals surface area contributed by atoms with Crippen molar-refractivity contribution >= 4 is 5.91 Å². The van der Waals surface area contributed by atoms with E-state index in [4.69, 9.17) is 0 Å². The third kappa shape index (κ3) is 3.11. The summed E-state index contributed by atoms with van der Waals surface area (Å²) in [5.41, 5.74) is 0. The molecule has 1 heterocycles. The summed E-state index contributed by atoms with van der Waals surface area (Å²) in [7, 11) is 0. The van der Waals surface area contributed by atoms with E-state index in [0.717, 1.165) is 38.0 Å². The molecule has 1 aliphatic heterocycles. The fourth-order valence-corrected chi connectivity index (χ4v) is 4.04. The number of carbonyl (C=O) groups excluding carboxylic acids is 1. The van der Waals surface area contributed by atoms with Gasteiger partial charge >= 0.3 is 0 Å². The molecule has 3 unspecified atom stereocenters. The van der Waals surface area contributed by atoms with Crippen molar-refractivity contribution in [2.24, 2.45) is 5.92 Å². The minimum atomic E-state index is -0.152. The molecule has 3 N–H and O–H groups in total. The van der Waals surface area contributed by atoms with E-state index in [1.807, 2.05) is 0 Å². The quantitative estimate of drug-likeness (QED) is 0.706. The lowest BCUT2D eigenvalue weighted by Gasteiger charge is -2.27. The van der Waals surface area contributed by atoms with Crippen LogP contribution in [0.3, 0.4) is 0 Å². The minimum Gasteiger partial charge on any atom is -0.393 e. The zero-order valence-corrected chi connectivity index (χ0v) is 11.6. The number of hydrogen-bond donors (Lipinski definition) is 3. The maximum Gasteiger partial charge on any atom is 0.237 e. The van der Waals surface area contributed by atoms with E-state index >= 15 is 0 Å². The predicted molar refractivity (Wildman–Crippen MR) is 73.7 cm³/mol. The second-order valence-corrected chi connectivity index (χ2v) is 6.62. The number of rotatable bonds is 2. The summed E-state index contributed by atoms with van der Waals surface area (Å²) in [6, 6.07) is 0.887. The highest BCUT2D eigenvalue weighted by molar-refractivity contribution is 5.82. The molecule has 108 valence electrons. The Kier molecular flexibility index (Phi) is 4.08. The van der Waals surface area contributed by atoms with E-state index in [9.17, 15) is 9.90 Å². The first kappa shape index (κ1) is 13.4. The highest BCUT2D eigenvalue weighted by Gasteiger charge is 2.38. The molecule has 4 heteroatoms. The molecule has 3 atom stereocenters. The number of hydrogen-bond acceptors (Lipinski definition) is 3. The monoisotopic (exact) mass is 266 g/mol. The van der Waals surface area contributed by atoms with E-state index in [-0.39, 0.29) is 24.1 Å². The van der Waals surface area contributed by atoms with E-state index in [1.54, 1.807) is 0 Å². The Hall–Kier alpha value is -0.610. The first-order chi connectivity index (χ1) is 9.22. The Labute approximate surface area is 115 Å². The van der Waals surface area contributed by atoms with Gasteiger partial charge in [-0.25, -0.2) is 0 Å². The summed E-state index contributed by atoms with van der Waals surface area (Å²) in [4.78, 5) is 12.3. The normalized spacial score (nSPS) is 42.7. The highest BCUT2D eigenvalue weighted by atomic mass is 16.3. The maximum atomic E-state index is 12.3. The summed E-state index contributed by atoms with van der Waals surface area (Å²) in [5, 5.41) is 16.2. The average molecular weight is 266 g/mol. The Morgan fingerprint density at radius 1 is 1.05 bits per heavy atom. The van der Waals surface area contributed by atoms with Crippen molar-refractivity contribution < 1.29 is 9.90 Å². The molecule has 0 bridgehead atoms. The van der Waals surface area contributed by atoms with Crippen molar-refractivity contribution in [2.45, 2.75) is 82.0 Å². The Bertz CT molecular complexity index is 312. The molecule has 2 saturated carbocycles. The molecule has 4 nitrogen and oxygen atoms in total. The van der Waals surface area contributed by atoms with Gasteiger partial charge in [-0.1, -0.05) is 12.8 Å². The van der Waals surface area contributed by atoms with Gasteiger partial charge in [-0.05, 0) is 50.9 Å². The average Bonchev–Trinajstić information content (AvgIpc) is 2.85. The highest BCUT2D eigenvalue weighted by Crippen LogP contribution is 2.33. The molecular formula is C15H26N2O2. The van der Waals surface area contributed by atoms with Crippen molar-refractivity contribution in [3.05, 3.63) is 0 Å². The van der Waals surface area contributed by atoms with Gasteiger partial charge < -0.3 is 15.7 Å². The lowest BCUT2D eigenvalue weighted by Crippen LogP contribution is -2.47. The van der Waals surface area contributed by atoms with Crippen molar-refractivity contribution in [2.75, 3.05) is 0 Å². The van der Waals surface area contributed by atoms with Crippen LogP contribution in [0, 0.1) is 5.92 Å². The lowest BCUT2D eigenvalue weighted by molar-refractivity contribution is -0.124. The number of aliphatic hydroxyl groups excluding tert-OH is 1. The first-order valence-corrected chi connectivity index (χ1v) is 7.97. The van der Waals surface area contributed by atoms with Crippen molar-refractivity contribution in [3.63, 3.8) is 0 Å². The fraction of sp³-hybridized carbons (Fsp3) is 0.933. The van der Waals surface area contributed by atoms with Gasteiger partial charge in [0, 0.05) is 12.1 Å². The van der Waals surface area contributed by atoms with E-state index < -0.39 is 0 Å². The van der Waals surface area contributed by atoms with Crippen molar-refractivity contribution in [1.29, 1.82) is 0 Å². The van der Waals surface area contributed by atoms with Crippen LogP contribution in [0.4, 0.5) is 0 Å². The first-order valence-electron chi connectivity index (χ1n) is 7.97. The maximum absolute atomic E-state index is 12.3. The van der Waals surface area contributed by atoms with Gasteiger partial charge in [-0.3, -0.25) is 4.79 Å². The summed E-state index contributed by atoms with van der Waals surface area (Å²) in [5.74, 6) is 0.911. The van der Waals surface area contributed by atoms with Crippen molar-refractivity contribution in [1.82, 2.24) is 10.6 Å². The molecule has 3 rings (SSSR count). The number of nitrogens with one attached hydrogen (secondary N) is 2. The summed E-state index contributed by atoms with van der Waals surface area (Å²) in [6.07, 6.45) is 9.54. The van der Waals surface area contributed by atoms with Gasteiger partial charge in [-0.2, -0.15) is 0 Å². The molecule has 19 heavy (non-hydrogen) atoms. The predicted octanol–water partition coefficient (Wildman–Crippen LogP) is 1.33. The van der Waals surface area contributed by atoms with Crippen LogP contribution in [-0.2, 0) is 4.79 Å². The van der Waals surface area contributed by atoms with E-state index in [2.05, 4.69) is 10.6 Å². The Balaban J connectivity index is 1.48. The molecule has 0 radical (unpaired) electrons. The number of amides is 1. The lowest BCUT2D eigenvalue weighted by atomic mass is 9.85. The Morgan fingerprint density at radius 3 is 2.53 bits per heavy atom. The molecule has 2 aliphatic carbocycles. The smallest absolute Gasteiger partial charge is 0.237 e. The zero-order chi connectivity index (χ0) is 13.2. The number of fused-ring (bicyclic) bond motifs is 1. The van der Waals surface area contributed by atoms with Crippen LogP contribution in [0.1, 0.15) is 57.8 Å². The van der Waals surface area contributed by atoms with Crippen LogP contribution in [0.5, 0.6) is 0 Å². The van der Waals surface area contributed by atoms with Gasteiger partial charge in [-0.15, -0.1) is 0 Å². The van der Waals surface area contributed by atoms with Crippen LogP contribution >= 0.6 is 0 Å². The van der Waals surface area contributed by atoms with Crippen LogP contribution in [-0.4, -0.2) is 35.2 Å². The van der Waals surface area contributed by atoms with Crippen LogP contribution in [0.2, 0.25) is 0 Å². The fourth-order valence-electron chi connectivity index (χ4n) is 4.04. The van der Waals surface area contributed by atoms with Gasteiger partial charge in [0.1, 0.15) is 0 Å². The van der Waals surface area contributed by atoms with Gasteiger partial charge in [0.25, 0.3) is 0 Å². The SMILES string of the molecule is O=C(NC1CCC(O)CC1)C1CC2CCCCC2N1. The molecule has 1 amide bonds. The second kappa shape index (κ2) is 5.80. The zero-order valence-electron chi connectivity index (χ0n) is 11.6. The molecule has 1 saturated heterocycles. The molecule has 0 aromatic carbocycles. The third-order valence-electron chi connectivity index (χ3n) is 5.22. The third-order valence-corrected chi connectivity index (χ3v) is 5.22. The van der Waals surface area contributed by atoms with Crippen LogP contribution in [0.25, 0.3) is 0 Å². The van der Waals surface area contributed by atoms with Crippen LogP contribution < -0.4 is 10.6 Å². The Morgan fingerprint density at radius 2 is 1.79 bits per heavy atom. The molecule has 3 aliphatic rings. The summed E-state index contributed by atoms with van der Waals surface area (Å²) in [6.45, 7) is 0. The van der Waals surface area contributed by atoms with Crippen molar-refractivity contribution in [3.8, 4) is 0 Å². The summed E-state index contributed by atoms with van der Waals surface area (Å²) >= 11 is 0. The van der Waals surface area contributed by atoms with E-state index in [0.29, 0.717) is 6.04 Å². The van der Waals surface area contributed by atoms with Gasteiger partial charge in [0.2, 0.25) is 5.91 Å². The summed E-state index contributed by atoms with van der Waals surface area (Å²) < 4.78 is 0. The largest absolute Gasteiger partial charge is 0.393 e. The number of carbonyl (C=O) groups is 1.